The van der Waals surface area contributed by atoms with Crippen molar-refractivity contribution in [2.24, 2.45) is 0 Å². The number of hydrogen-bond donors (Lipinski definition) is 1. The second-order valence-corrected chi connectivity index (χ2v) is 0.593. The third kappa shape index (κ3) is 6.21. The quantitative estimate of drug-likeness (QED) is 0.497. The van der Waals surface area contributed by atoms with Gasteiger partial charge in [0, 0.05) is 38.2 Å². The van der Waals surface area contributed by atoms with Crippen LogP contribution in [0.15, 0.2) is 0 Å². The summed E-state index contributed by atoms with van der Waals surface area (Å²) in [6.45, 7) is 0. The number of carboxylic acids is 2. The van der Waals surface area contributed by atoms with Crippen molar-refractivity contribution < 1.29 is 58.0 Å². The fraction of sp³-hybridized carbons (Fsp3) is 0. The first-order valence-electron chi connectivity index (χ1n) is 1.09. The minimum absolute atomic E-state index is 0. The Morgan fingerprint density at radius 2 is 1.57 bits per heavy atom. The topological polar surface area (TPSA) is 77.4 Å². The Hall–Kier alpha value is 0.213. The minimum Gasteiger partial charge on any atom is -0.539 e. The van der Waals surface area contributed by atoms with Crippen molar-refractivity contribution in [2.75, 3.05) is 0 Å². The molecule has 0 aliphatic heterocycles. The molecule has 7 heavy (non-hydrogen) atoms. The van der Waals surface area contributed by atoms with Gasteiger partial charge in [-0.3, -0.25) is 0 Å². The largest absolute Gasteiger partial charge is 0.539 e. The first kappa shape index (κ1) is 10.2. The molecule has 0 saturated heterocycles. The fourth-order valence-electron chi connectivity index (χ4n) is 0. The van der Waals surface area contributed by atoms with E-state index in [1.165, 1.54) is 0 Å². The van der Waals surface area contributed by atoms with Crippen molar-refractivity contribution in [3.63, 3.8) is 0 Å². The van der Waals surface area contributed by atoms with Crippen LogP contribution in [-0.4, -0.2) is 17.0 Å². The molecule has 0 spiro atoms. The van der Waals surface area contributed by atoms with Crippen LogP contribution in [0.2, 0.25) is 0 Å². The Labute approximate surface area is 69.5 Å². The molecule has 0 aromatic rings. The van der Waals surface area contributed by atoms with Gasteiger partial charge < -0.3 is 15.0 Å². The average Bonchev–Trinajstić information content (AvgIpc) is 1.36. The van der Waals surface area contributed by atoms with Gasteiger partial charge in [0.25, 0.3) is 0 Å². The average molecular weight is 252 g/mol. The monoisotopic (exact) mass is 253 g/mol. The molecule has 1 N–H and O–H groups in total. The third-order valence-corrected chi connectivity index (χ3v) is 0.175. The van der Waals surface area contributed by atoms with Crippen LogP contribution in [0.5, 0.6) is 0 Å². The fourth-order valence-corrected chi connectivity index (χ4v) is 0. The third-order valence-electron chi connectivity index (χ3n) is 0.175. The Balaban J connectivity index is 0. The molecule has 0 bridgehead atoms. The molecule has 4 nitrogen and oxygen atoms in total. The van der Waals surface area contributed by atoms with Crippen LogP contribution in [0.1, 0.15) is 0 Å². The first-order valence-corrected chi connectivity index (χ1v) is 1.09. The van der Waals surface area contributed by atoms with Crippen molar-refractivity contribution >= 4 is 11.9 Å². The molecular formula is C2HDyO4-. The van der Waals surface area contributed by atoms with Gasteiger partial charge in [0.1, 0.15) is 0 Å². The molecule has 0 aliphatic rings. The van der Waals surface area contributed by atoms with Crippen LogP contribution >= 0.6 is 0 Å². The number of carbonyl (C=O) groups is 2. The van der Waals surface area contributed by atoms with Crippen LogP contribution < -0.4 is 5.11 Å². The van der Waals surface area contributed by atoms with E-state index in [9.17, 15) is 0 Å². The minimum atomic E-state index is -2.07. The van der Waals surface area contributed by atoms with Gasteiger partial charge in [0.2, 0.25) is 0 Å². The van der Waals surface area contributed by atoms with Crippen LogP contribution in [-0.2, 0) is 9.59 Å². The molecule has 5 heteroatoms. The van der Waals surface area contributed by atoms with E-state index >= 15 is 0 Å². The molecule has 0 unspecified atom stereocenters. The van der Waals surface area contributed by atoms with E-state index in [0.29, 0.717) is 0 Å². The Morgan fingerprint density at radius 1 is 1.43 bits per heavy atom. The second kappa shape index (κ2) is 4.37. The Morgan fingerprint density at radius 3 is 1.57 bits per heavy atom. The van der Waals surface area contributed by atoms with Crippen molar-refractivity contribution in [1.82, 2.24) is 0 Å². The predicted molar refractivity (Wildman–Crippen MR) is 12.6 cm³/mol. The molecule has 0 radical (unpaired) electrons. The smallest absolute Gasteiger partial charge is 0.351 e. The molecule has 0 aliphatic carbocycles. The van der Waals surface area contributed by atoms with Gasteiger partial charge in [0.05, 0.1) is 0 Å². The maximum Gasteiger partial charge on any atom is 0.351 e. The zero-order valence-corrected chi connectivity index (χ0v) is 5.02. The molecule has 0 aromatic carbocycles. The van der Waals surface area contributed by atoms with Gasteiger partial charge in [-0.2, -0.15) is 0 Å². The second-order valence-electron chi connectivity index (χ2n) is 0.593. The van der Waals surface area contributed by atoms with E-state index in [-0.39, 0.29) is 38.2 Å². The summed E-state index contributed by atoms with van der Waals surface area (Å²) in [6, 6.07) is 0. The summed E-state index contributed by atoms with van der Waals surface area (Å²) in [5.74, 6) is -4.01. The van der Waals surface area contributed by atoms with E-state index < -0.39 is 11.9 Å². The standard InChI is InChI=1S/C2H2O4.Dy/c3-1(4)2(5)6;/h(H,3,4)(H,5,6);/p-1. The molecular weight excluding hydrogens is 251 g/mol. The van der Waals surface area contributed by atoms with Gasteiger partial charge >= 0.3 is 5.97 Å². The molecule has 0 amide bonds. The van der Waals surface area contributed by atoms with Gasteiger partial charge in [-0.25, -0.2) is 4.79 Å². The zero-order chi connectivity index (χ0) is 5.15. The first-order chi connectivity index (χ1) is 2.64. The van der Waals surface area contributed by atoms with E-state index in [4.69, 9.17) is 19.8 Å². The summed E-state index contributed by atoms with van der Waals surface area (Å²) in [5, 5.41) is 16.3. The molecule has 0 fully saturated rings. The summed E-state index contributed by atoms with van der Waals surface area (Å²) >= 11 is 0. The number of rotatable bonds is 0. The van der Waals surface area contributed by atoms with Gasteiger partial charge in [-0.1, -0.05) is 0 Å². The van der Waals surface area contributed by atoms with Crippen molar-refractivity contribution in [3.05, 3.63) is 0 Å². The SMILES string of the molecule is O=C([O-])C(=O)O.[Dy]. The van der Waals surface area contributed by atoms with E-state index in [1.54, 1.807) is 0 Å². The predicted octanol–water partition coefficient (Wildman–Crippen LogP) is -2.18. The van der Waals surface area contributed by atoms with Crippen LogP contribution in [0, 0.1) is 38.2 Å². The molecule has 0 rings (SSSR count). The molecule has 0 heterocycles. The van der Waals surface area contributed by atoms with Gasteiger partial charge in [0.15, 0.2) is 5.97 Å². The maximum atomic E-state index is 9.04. The van der Waals surface area contributed by atoms with E-state index in [1.807, 2.05) is 0 Å². The summed E-state index contributed by atoms with van der Waals surface area (Å²) in [4.78, 5) is 18.0. The van der Waals surface area contributed by atoms with Gasteiger partial charge in [-0.15, -0.1) is 0 Å². The number of carbonyl (C=O) groups excluding carboxylic acids is 1. The molecule has 44 valence electrons. The molecule has 0 saturated carbocycles. The number of aliphatic carboxylic acids is 2. The molecule has 0 aromatic heterocycles. The number of hydrogen-bond acceptors (Lipinski definition) is 3. The summed E-state index contributed by atoms with van der Waals surface area (Å²) in [5.41, 5.74) is 0. The maximum absolute atomic E-state index is 9.04. The summed E-state index contributed by atoms with van der Waals surface area (Å²) in [7, 11) is 0. The Bertz CT molecular complexity index is 75.7. The normalized spacial score (nSPS) is 6.29. The Kier molecular flexibility index (Phi) is 6.40. The molecule has 0 atom stereocenters. The summed E-state index contributed by atoms with van der Waals surface area (Å²) in [6.07, 6.45) is 0. The number of carboxylic acid groups (broad SMARTS) is 2. The summed E-state index contributed by atoms with van der Waals surface area (Å²) < 4.78 is 0. The van der Waals surface area contributed by atoms with Crippen molar-refractivity contribution in [2.45, 2.75) is 0 Å². The van der Waals surface area contributed by atoms with E-state index in [2.05, 4.69) is 0 Å². The van der Waals surface area contributed by atoms with Crippen molar-refractivity contribution in [1.29, 1.82) is 0 Å². The van der Waals surface area contributed by atoms with Crippen LogP contribution in [0.25, 0.3) is 0 Å². The van der Waals surface area contributed by atoms with Gasteiger partial charge in [-0.05, 0) is 0 Å². The van der Waals surface area contributed by atoms with Crippen LogP contribution in [0.4, 0.5) is 0 Å². The van der Waals surface area contributed by atoms with E-state index in [0.717, 1.165) is 0 Å². The van der Waals surface area contributed by atoms with Crippen molar-refractivity contribution in [3.8, 4) is 0 Å². The zero-order valence-electron chi connectivity index (χ0n) is 2.99. The van der Waals surface area contributed by atoms with Crippen LogP contribution in [0.3, 0.4) is 0 Å².